The Balaban J connectivity index is 0.000000470. The molecule has 0 amide bonds. The third kappa shape index (κ3) is 17.5. The SMILES string of the molecule is CNC[C@H](O)[C@@H](O)[C@H](O)[C@H](O)CO.CNC[C@H](O)[C@@H](O)[C@H](O)[C@H](O)CO.C[C@@H](O[C@H]1OCCN(Cc2nn(P(=O)(O)O)c(=O)[nH]2)[C@@H]1c1ccccc1)c1cc(C(F)(F)F)cc(C(F)(F)F)c1. The molecule has 29 heteroatoms. The molecule has 22 nitrogen and oxygen atoms in total. The van der Waals surface area contributed by atoms with Gasteiger partial charge in [0, 0.05) is 19.6 Å². The maximum atomic E-state index is 13.4. The summed E-state index contributed by atoms with van der Waals surface area (Å²) >= 11 is 0. The Morgan fingerprint density at radius 1 is 0.803 bits per heavy atom. The molecule has 3 aromatic rings. The standard InChI is InChI=1S/C23H23F6N4O6P.2C7H17NO5/c1-13(15-9-16(22(24,25)26)11-17(10-15)23(27,28)29)39-20-19(14-5-3-2-4-6-14)32(7-8-38-20)12-18-30-21(34)33(31-18)40(35,36)37;2*1-8-2-4(10)6(12)7(13)5(11)3-9/h2-6,9-11,13,19-20H,7-8,12H2,1H3,(H,30,31,34)(H2,35,36,37);2*4-13H,2-3H2,1H3/t13-,19-,20-;2*4-,5+,6+,7+/m100/s1. The van der Waals surface area contributed by atoms with Gasteiger partial charge in [-0.1, -0.05) is 30.3 Å². The van der Waals surface area contributed by atoms with Crippen LogP contribution in [0.25, 0.3) is 0 Å². The van der Waals surface area contributed by atoms with Gasteiger partial charge in [-0.25, -0.2) is 9.36 Å². The summed E-state index contributed by atoms with van der Waals surface area (Å²) in [5.41, 5.74) is -3.89. The van der Waals surface area contributed by atoms with Gasteiger partial charge in [-0.3, -0.25) is 9.88 Å². The summed E-state index contributed by atoms with van der Waals surface area (Å²) in [7, 11) is -1.88. The van der Waals surface area contributed by atoms with Crippen molar-refractivity contribution in [3.63, 3.8) is 0 Å². The lowest BCUT2D eigenvalue weighted by atomic mass is 10.0. The summed E-state index contributed by atoms with van der Waals surface area (Å²) in [6.45, 7) is 0.225. The quantitative estimate of drug-likeness (QED) is 0.0436. The Hall–Kier alpha value is -3.49. The van der Waals surface area contributed by atoms with Crippen molar-refractivity contribution in [2.45, 2.75) is 93.1 Å². The molecular weight excluding hydrogens is 929 g/mol. The number of ether oxygens (including phenoxy) is 2. The first-order chi connectivity index (χ1) is 30.6. The number of nitrogens with zero attached hydrogens (tertiary/aromatic N) is 3. The third-order valence-corrected chi connectivity index (χ3v) is 10.4. The first kappa shape index (κ1) is 58.6. The second-order valence-electron chi connectivity index (χ2n) is 14.7. The number of benzene rings is 2. The Morgan fingerprint density at radius 2 is 1.26 bits per heavy atom. The van der Waals surface area contributed by atoms with Crippen LogP contribution in [0.3, 0.4) is 0 Å². The minimum Gasteiger partial charge on any atom is -0.394 e. The molecule has 1 aromatic heterocycles. The van der Waals surface area contributed by atoms with Crippen LogP contribution in [0.5, 0.6) is 0 Å². The van der Waals surface area contributed by atoms with Crippen LogP contribution < -0.4 is 16.3 Å². The molecule has 0 radical (unpaired) electrons. The second kappa shape index (κ2) is 26.3. The Labute approximate surface area is 372 Å². The maximum absolute atomic E-state index is 13.4. The highest BCUT2D eigenvalue weighted by molar-refractivity contribution is 7.49. The summed E-state index contributed by atoms with van der Waals surface area (Å²) in [4.78, 5) is 34.5. The van der Waals surface area contributed by atoms with Crippen molar-refractivity contribution in [3.8, 4) is 0 Å². The third-order valence-electron chi connectivity index (χ3n) is 9.60. The van der Waals surface area contributed by atoms with E-state index in [-0.39, 0.29) is 54.7 Å². The molecule has 1 aliphatic heterocycles. The minimum absolute atomic E-state index is 0.00222. The first-order valence-corrected chi connectivity index (χ1v) is 21.2. The van der Waals surface area contributed by atoms with Gasteiger partial charge in [0.2, 0.25) is 0 Å². The fourth-order valence-electron chi connectivity index (χ4n) is 6.08. The van der Waals surface area contributed by atoms with Crippen molar-refractivity contribution in [1.29, 1.82) is 0 Å². The number of likely N-dealkylation sites (N-methyl/N-ethyl adjacent to an activating group) is 2. The largest absolute Gasteiger partial charge is 0.454 e. The van der Waals surface area contributed by atoms with Gasteiger partial charge in [0.25, 0.3) is 0 Å². The molecule has 0 spiro atoms. The summed E-state index contributed by atoms with van der Waals surface area (Å²) in [6, 6.07) is 8.87. The lowest BCUT2D eigenvalue weighted by Gasteiger charge is -2.41. The van der Waals surface area contributed by atoms with Gasteiger partial charge in [-0.05, 0) is 50.3 Å². The second-order valence-corrected chi connectivity index (χ2v) is 16.1. The van der Waals surface area contributed by atoms with Gasteiger partial charge in [-0.2, -0.15) is 26.3 Å². The van der Waals surface area contributed by atoms with Crippen LogP contribution in [-0.4, -0.2) is 189 Å². The predicted molar refractivity (Wildman–Crippen MR) is 216 cm³/mol. The van der Waals surface area contributed by atoms with Crippen LogP contribution in [0.1, 0.15) is 47.1 Å². The van der Waals surface area contributed by atoms with Crippen LogP contribution in [0.2, 0.25) is 0 Å². The molecule has 0 unspecified atom stereocenters. The fraction of sp³-hybridized carbons (Fsp3) is 0.622. The van der Waals surface area contributed by atoms with Gasteiger partial charge < -0.3 is 81.0 Å². The molecule has 15 N–H and O–H groups in total. The van der Waals surface area contributed by atoms with E-state index < -0.39 is 117 Å². The van der Waals surface area contributed by atoms with E-state index in [2.05, 4.69) is 20.7 Å². The molecule has 11 atom stereocenters. The topological polar surface area (TPSA) is 356 Å². The summed E-state index contributed by atoms with van der Waals surface area (Å²) < 4.78 is 103. The van der Waals surface area contributed by atoms with Crippen molar-refractivity contribution >= 4 is 7.75 Å². The number of morpholine rings is 1. The molecule has 1 saturated heterocycles. The molecule has 4 rings (SSSR count). The molecule has 2 aromatic carbocycles. The van der Waals surface area contributed by atoms with Crippen LogP contribution in [0.15, 0.2) is 53.3 Å². The molecule has 1 fully saturated rings. The smallest absolute Gasteiger partial charge is 0.394 e. The molecule has 1 aliphatic rings. The zero-order valence-electron chi connectivity index (χ0n) is 35.5. The zero-order valence-corrected chi connectivity index (χ0v) is 36.4. The number of H-pyrrole nitrogens is 1. The fourth-order valence-corrected chi connectivity index (χ4v) is 6.59. The number of aromatic nitrogens is 3. The Morgan fingerprint density at radius 3 is 1.65 bits per heavy atom. The molecule has 66 heavy (non-hydrogen) atoms. The van der Waals surface area contributed by atoms with E-state index in [1.165, 1.54) is 6.92 Å². The highest BCUT2D eigenvalue weighted by Crippen LogP contribution is 2.40. The lowest BCUT2D eigenvalue weighted by molar-refractivity contribution is -0.231. The van der Waals surface area contributed by atoms with Crippen molar-refractivity contribution < 1.29 is 101 Å². The average molecular weight is 987 g/mol. The Bertz CT molecular complexity index is 1920. The number of alkyl halides is 6. The van der Waals surface area contributed by atoms with Crippen LogP contribution >= 0.6 is 7.75 Å². The molecule has 2 heterocycles. The van der Waals surface area contributed by atoms with E-state index in [4.69, 9.17) is 50.3 Å². The van der Waals surface area contributed by atoms with Gasteiger partial charge >= 0.3 is 25.8 Å². The van der Waals surface area contributed by atoms with E-state index in [1.54, 1.807) is 49.3 Å². The molecule has 0 bridgehead atoms. The maximum Gasteiger partial charge on any atom is 0.454 e. The molecule has 0 aliphatic carbocycles. The highest BCUT2D eigenvalue weighted by atomic mass is 31.2. The summed E-state index contributed by atoms with van der Waals surface area (Å²) in [5, 5.41) is 98.6. The monoisotopic (exact) mass is 986 g/mol. The number of halogens is 6. The lowest BCUT2D eigenvalue weighted by Crippen LogP contribution is -2.48. The molecular formula is C37H57F6N6O16P. The summed E-state index contributed by atoms with van der Waals surface area (Å²) in [5.74, 6) is -0.101. The number of nitrogens with one attached hydrogen (secondary N) is 3. The van der Waals surface area contributed by atoms with Crippen LogP contribution in [0.4, 0.5) is 26.3 Å². The molecule has 378 valence electrons. The number of rotatable bonds is 19. The van der Waals surface area contributed by atoms with E-state index >= 15 is 0 Å². The minimum atomic E-state index is -5.03. The first-order valence-electron chi connectivity index (χ1n) is 19.7. The van der Waals surface area contributed by atoms with Crippen molar-refractivity contribution in [3.05, 3.63) is 87.1 Å². The zero-order chi connectivity index (χ0) is 50.3. The number of aliphatic hydroxyl groups is 10. The summed E-state index contributed by atoms with van der Waals surface area (Å²) in [6.07, 6.45) is -23.8. The van der Waals surface area contributed by atoms with Crippen LogP contribution in [-0.2, 0) is 32.9 Å². The van der Waals surface area contributed by atoms with Crippen LogP contribution in [0, 0.1) is 0 Å². The van der Waals surface area contributed by atoms with Crippen molar-refractivity contribution in [1.82, 2.24) is 30.1 Å². The van der Waals surface area contributed by atoms with Gasteiger partial charge in [-0.15, -0.1) is 9.55 Å². The average Bonchev–Trinajstić information content (AvgIpc) is 3.65. The number of hydrogen-bond donors (Lipinski definition) is 15. The number of aliphatic hydroxyl groups excluding tert-OH is 10. The van der Waals surface area contributed by atoms with Crippen molar-refractivity contribution in [2.75, 3.05) is 53.6 Å². The number of aromatic amines is 1. The van der Waals surface area contributed by atoms with Gasteiger partial charge in [0.15, 0.2) is 6.29 Å². The van der Waals surface area contributed by atoms with Gasteiger partial charge in [0.05, 0.1) is 61.8 Å². The number of hydrogen-bond acceptors (Lipinski definition) is 18. The van der Waals surface area contributed by atoms with E-state index in [0.717, 1.165) is 0 Å². The van der Waals surface area contributed by atoms with Gasteiger partial charge in [0.1, 0.15) is 42.4 Å². The molecule has 0 saturated carbocycles. The predicted octanol–water partition coefficient (Wildman–Crippen LogP) is -2.49. The normalized spacial score (nSPS) is 20.3. The highest BCUT2D eigenvalue weighted by Gasteiger charge is 2.40. The Kier molecular flexibility index (Phi) is 23.4. The van der Waals surface area contributed by atoms with E-state index in [9.17, 15) is 55.7 Å². The van der Waals surface area contributed by atoms with E-state index in [0.29, 0.717) is 17.7 Å². The van der Waals surface area contributed by atoms with E-state index in [1.807, 2.05) is 0 Å². The van der Waals surface area contributed by atoms with Crippen molar-refractivity contribution in [2.24, 2.45) is 0 Å².